The van der Waals surface area contributed by atoms with Crippen molar-refractivity contribution in [3.63, 3.8) is 0 Å². The highest BCUT2D eigenvalue weighted by Gasteiger charge is 2.32. The Morgan fingerprint density at radius 3 is 2.53 bits per heavy atom. The fourth-order valence-corrected chi connectivity index (χ4v) is 2.39. The number of likely N-dealkylation sites (N-methyl/N-ethyl adjacent to an activating group) is 1. The molecule has 5 nitrogen and oxygen atoms in total. The number of aliphatic hydroxyl groups excluding tert-OH is 1. The average molecular weight is 238 g/mol. The maximum absolute atomic E-state index is 11.9. The van der Waals surface area contributed by atoms with Crippen LogP contribution in [0.25, 0.3) is 0 Å². The number of hydrogen-bond donors (Lipinski definition) is 2. The van der Waals surface area contributed by atoms with Gasteiger partial charge in [0.1, 0.15) is 0 Å². The number of carbonyl (C=O) groups excluding carboxylic acids is 2. The Balaban J connectivity index is 1.98. The average Bonchev–Trinajstić information content (AvgIpc) is 2.58. The van der Waals surface area contributed by atoms with Crippen molar-refractivity contribution in [3.05, 3.63) is 11.3 Å². The predicted molar refractivity (Wildman–Crippen MR) is 62.3 cm³/mol. The molecule has 94 valence electrons. The zero-order chi connectivity index (χ0) is 12.4. The van der Waals surface area contributed by atoms with Crippen LogP contribution in [0.2, 0.25) is 0 Å². The summed E-state index contributed by atoms with van der Waals surface area (Å²) in [4.78, 5) is 24.6. The summed E-state index contributed by atoms with van der Waals surface area (Å²) in [5.41, 5.74) is 0.197. The molecule has 2 aliphatic rings. The number of hydrogen-bond acceptors (Lipinski definition) is 3. The lowest BCUT2D eigenvalue weighted by atomic mass is 9.95. The fourth-order valence-electron chi connectivity index (χ4n) is 2.39. The second-order valence-electron chi connectivity index (χ2n) is 4.80. The first-order chi connectivity index (χ1) is 8.09. The maximum atomic E-state index is 11.9. The van der Waals surface area contributed by atoms with Crippen LogP contribution in [-0.2, 0) is 9.59 Å². The molecule has 1 aliphatic carbocycles. The van der Waals surface area contributed by atoms with Crippen molar-refractivity contribution >= 4 is 11.8 Å². The van der Waals surface area contributed by atoms with Crippen molar-refractivity contribution in [3.8, 4) is 0 Å². The highest BCUT2D eigenvalue weighted by Crippen LogP contribution is 2.20. The van der Waals surface area contributed by atoms with E-state index in [9.17, 15) is 14.7 Å². The molecule has 0 saturated heterocycles. The van der Waals surface area contributed by atoms with Gasteiger partial charge in [0.25, 0.3) is 11.8 Å². The lowest BCUT2D eigenvalue weighted by Gasteiger charge is -2.22. The quantitative estimate of drug-likeness (QED) is 0.744. The second kappa shape index (κ2) is 4.77. The molecule has 0 aromatic heterocycles. The Labute approximate surface area is 100 Å². The zero-order valence-corrected chi connectivity index (χ0v) is 10.0. The van der Waals surface area contributed by atoms with Gasteiger partial charge in [-0.2, -0.15) is 0 Å². The summed E-state index contributed by atoms with van der Waals surface area (Å²) in [6.45, 7) is 0.198. The summed E-state index contributed by atoms with van der Waals surface area (Å²) >= 11 is 0. The highest BCUT2D eigenvalue weighted by molar-refractivity contribution is 6.06. The molecule has 0 bridgehead atoms. The van der Waals surface area contributed by atoms with E-state index in [0.717, 1.165) is 25.7 Å². The van der Waals surface area contributed by atoms with Crippen molar-refractivity contribution in [2.75, 3.05) is 13.6 Å². The van der Waals surface area contributed by atoms with E-state index in [1.54, 1.807) is 7.05 Å². The lowest BCUT2D eigenvalue weighted by molar-refractivity contribution is -0.126. The van der Waals surface area contributed by atoms with Gasteiger partial charge in [-0.15, -0.1) is 0 Å². The first-order valence-electron chi connectivity index (χ1n) is 6.08. The Kier molecular flexibility index (Phi) is 3.36. The van der Waals surface area contributed by atoms with E-state index in [1.165, 1.54) is 11.3 Å². The molecule has 1 heterocycles. The van der Waals surface area contributed by atoms with Crippen LogP contribution in [0.4, 0.5) is 0 Å². The van der Waals surface area contributed by atoms with Crippen molar-refractivity contribution in [2.24, 2.45) is 0 Å². The summed E-state index contributed by atoms with van der Waals surface area (Å²) in [5.74, 6) is -1.17. The molecule has 0 atom stereocenters. The Hall–Kier alpha value is -1.52. The van der Waals surface area contributed by atoms with Gasteiger partial charge in [0, 0.05) is 13.1 Å². The highest BCUT2D eigenvalue weighted by atomic mass is 16.3. The van der Waals surface area contributed by atoms with Crippen molar-refractivity contribution in [1.29, 1.82) is 0 Å². The summed E-state index contributed by atoms with van der Waals surface area (Å²) in [7, 11) is 1.57. The molecule has 0 aromatic rings. The van der Waals surface area contributed by atoms with Crippen LogP contribution in [0, 0.1) is 0 Å². The summed E-state index contributed by atoms with van der Waals surface area (Å²) in [6, 6.07) is 0.192. The van der Waals surface area contributed by atoms with Crippen LogP contribution >= 0.6 is 0 Å². The first kappa shape index (κ1) is 12.0. The van der Waals surface area contributed by atoms with Gasteiger partial charge in [-0.3, -0.25) is 9.59 Å². The van der Waals surface area contributed by atoms with Gasteiger partial charge in [0.15, 0.2) is 5.76 Å². The largest absolute Gasteiger partial charge is 0.503 e. The molecule has 17 heavy (non-hydrogen) atoms. The molecular formula is C12H18N2O3. The molecule has 2 rings (SSSR count). The topological polar surface area (TPSA) is 69.6 Å². The first-order valence-corrected chi connectivity index (χ1v) is 6.08. The minimum atomic E-state index is -0.473. The molecular weight excluding hydrogens is 220 g/mol. The Morgan fingerprint density at radius 1 is 1.35 bits per heavy atom. The van der Waals surface area contributed by atoms with E-state index >= 15 is 0 Å². The standard InChI is InChI=1S/C12H18N2O3/c1-14-7-9(10(15)12(14)17)11(16)13-8-5-3-2-4-6-8/h8,15H,2-7H2,1H3,(H,13,16). The predicted octanol–water partition coefficient (Wildman–Crippen LogP) is 0.719. The van der Waals surface area contributed by atoms with E-state index in [2.05, 4.69) is 5.32 Å². The number of nitrogens with one attached hydrogen (secondary N) is 1. The van der Waals surface area contributed by atoms with Crippen LogP contribution in [0.1, 0.15) is 32.1 Å². The number of nitrogens with zero attached hydrogens (tertiary/aromatic N) is 1. The van der Waals surface area contributed by atoms with Crippen LogP contribution in [0.15, 0.2) is 11.3 Å². The molecule has 2 N–H and O–H groups in total. The van der Waals surface area contributed by atoms with E-state index in [-0.39, 0.29) is 24.1 Å². The summed E-state index contributed by atoms with van der Waals surface area (Å²) in [6.07, 6.45) is 5.47. The van der Waals surface area contributed by atoms with Gasteiger partial charge < -0.3 is 15.3 Å². The van der Waals surface area contributed by atoms with Gasteiger partial charge in [0.05, 0.1) is 12.1 Å². The summed E-state index contributed by atoms with van der Waals surface area (Å²) < 4.78 is 0. The van der Waals surface area contributed by atoms with Gasteiger partial charge in [-0.25, -0.2) is 0 Å². The molecule has 1 saturated carbocycles. The number of amides is 2. The fraction of sp³-hybridized carbons (Fsp3) is 0.667. The Bertz CT molecular complexity index is 370. The van der Waals surface area contributed by atoms with E-state index in [1.807, 2.05) is 0 Å². The molecule has 0 aromatic carbocycles. The third kappa shape index (κ3) is 2.43. The third-order valence-corrected chi connectivity index (χ3v) is 3.44. The smallest absolute Gasteiger partial charge is 0.289 e. The monoisotopic (exact) mass is 238 g/mol. The van der Waals surface area contributed by atoms with E-state index in [4.69, 9.17) is 0 Å². The van der Waals surface area contributed by atoms with Crippen molar-refractivity contribution in [1.82, 2.24) is 10.2 Å². The molecule has 0 spiro atoms. The molecule has 2 amide bonds. The molecule has 0 unspecified atom stereocenters. The summed E-state index contributed by atoms with van der Waals surface area (Å²) in [5, 5.41) is 12.5. The van der Waals surface area contributed by atoms with Gasteiger partial charge >= 0.3 is 0 Å². The molecule has 0 radical (unpaired) electrons. The van der Waals surface area contributed by atoms with E-state index < -0.39 is 11.7 Å². The van der Waals surface area contributed by atoms with Gasteiger partial charge in [0.2, 0.25) is 0 Å². The molecule has 1 aliphatic heterocycles. The minimum Gasteiger partial charge on any atom is -0.503 e. The third-order valence-electron chi connectivity index (χ3n) is 3.44. The minimum absolute atomic E-state index is 0.192. The Morgan fingerprint density at radius 2 is 2.00 bits per heavy atom. The lowest BCUT2D eigenvalue weighted by Crippen LogP contribution is -2.38. The van der Waals surface area contributed by atoms with Crippen LogP contribution in [0.3, 0.4) is 0 Å². The van der Waals surface area contributed by atoms with E-state index in [0.29, 0.717) is 0 Å². The van der Waals surface area contributed by atoms with Gasteiger partial charge in [-0.1, -0.05) is 19.3 Å². The van der Waals surface area contributed by atoms with Crippen molar-refractivity contribution < 1.29 is 14.7 Å². The number of aliphatic hydroxyl groups is 1. The molecule has 1 fully saturated rings. The van der Waals surface area contributed by atoms with Crippen LogP contribution in [0.5, 0.6) is 0 Å². The zero-order valence-electron chi connectivity index (χ0n) is 10.0. The normalized spacial score (nSPS) is 22.2. The maximum Gasteiger partial charge on any atom is 0.289 e. The van der Waals surface area contributed by atoms with Crippen molar-refractivity contribution in [2.45, 2.75) is 38.1 Å². The number of carbonyl (C=O) groups is 2. The second-order valence-corrected chi connectivity index (χ2v) is 4.80. The van der Waals surface area contributed by atoms with Crippen LogP contribution < -0.4 is 5.32 Å². The van der Waals surface area contributed by atoms with Crippen LogP contribution in [-0.4, -0.2) is 41.5 Å². The molecule has 5 heteroatoms. The van der Waals surface area contributed by atoms with Gasteiger partial charge in [-0.05, 0) is 12.8 Å². The number of rotatable bonds is 2. The SMILES string of the molecule is CN1CC(C(=O)NC2CCCCC2)=C(O)C1=O.